The number of aliphatic imine (C=N–C) groups is 1. The van der Waals surface area contributed by atoms with Crippen molar-refractivity contribution in [3.63, 3.8) is 0 Å². The Labute approximate surface area is 156 Å². The highest BCUT2D eigenvalue weighted by Crippen LogP contribution is 2.31. The maximum absolute atomic E-state index is 12.1. The Balaban J connectivity index is 1.81. The van der Waals surface area contributed by atoms with Crippen LogP contribution in [0.3, 0.4) is 0 Å². The number of nitrogens with two attached hydrogens (primary N) is 1. The lowest BCUT2D eigenvalue weighted by atomic mass is 9.86. The summed E-state index contributed by atoms with van der Waals surface area (Å²) in [5, 5.41) is 6.60. The first kappa shape index (κ1) is 20.1. The van der Waals surface area contributed by atoms with Gasteiger partial charge in [0.25, 0.3) is 0 Å². The molecule has 1 aromatic rings. The molecule has 1 aromatic carbocycles. The molecule has 0 aliphatic carbocycles. The van der Waals surface area contributed by atoms with E-state index in [0.29, 0.717) is 26.0 Å². The first-order valence-electron chi connectivity index (χ1n) is 8.43. The maximum Gasteiger partial charge on any atom is 0.235 e. The highest BCUT2D eigenvalue weighted by Gasteiger charge is 2.32. The molecule has 1 unspecified atom stereocenters. The predicted molar refractivity (Wildman–Crippen MR) is 104 cm³/mol. The monoisotopic (exact) mass is 378 g/mol. The highest BCUT2D eigenvalue weighted by atomic mass is 32.2. The molecule has 0 spiro atoms. The number of benzene rings is 1. The van der Waals surface area contributed by atoms with Crippen molar-refractivity contribution in [2.45, 2.75) is 26.2 Å². The van der Waals surface area contributed by atoms with Crippen LogP contribution in [-0.2, 0) is 21.0 Å². The van der Waals surface area contributed by atoms with E-state index in [0.717, 1.165) is 11.3 Å². The van der Waals surface area contributed by atoms with Crippen LogP contribution in [0.15, 0.2) is 29.3 Å². The van der Waals surface area contributed by atoms with Crippen LogP contribution in [-0.4, -0.2) is 52.0 Å². The Hall–Kier alpha value is -2.22. The maximum atomic E-state index is 12.1. The van der Waals surface area contributed by atoms with Crippen LogP contribution in [0.4, 0.5) is 0 Å². The summed E-state index contributed by atoms with van der Waals surface area (Å²) in [6, 6.07) is 8.00. The standard InChI is InChI=1S/C18H26N4O3S/c1-18(2,3)14-6-4-5-7-15(14)25-10-13-8-22(9-13)16(23)11-26(24)17(20)21-12-19/h4-7,12-13H,8-11H2,1-3H3,(H3,19,20,21). The molecular weight excluding hydrogens is 352 g/mol. The zero-order valence-corrected chi connectivity index (χ0v) is 16.2. The van der Waals surface area contributed by atoms with Crippen LogP contribution in [0.25, 0.3) is 0 Å². The number of likely N-dealkylation sites (tertiary alicyclic amines) is 1. The number of ether oxygens (including phenoxy) is 1. The van der Waals surface area contributed by atoms with Crippen molar-refractivity contribution >= 4 is 28.2 Å². The number of para-hydroxylation sites is 1. The third kappa shape index (κ3) is 5.14. The van der Waals surface area contributed by atoms with Crippen molar-refractivity contribution in [1.82, 2.24) is 4.90 Å². The molecule has 1 atom stereocenters. The summed E-state index contributed by atoms with van der Waals surface area (Å²) in [7, 11) is -1.69. The molecular formula is C18H26N4O3S. The van der Waals surface area contributed by atoms with Gasteiger partial charge in [-0.1, -0.05) is 39.0 Å². The third-order valence-corrected chi connectivity index (χ3v) is 5.24. The lowest BCUT2D eigenvalue weighted by molar-refractivity contribution is -0.135. The summed E-state index contributed by atoms with van der Waals surface area (Å²) < 4.78 is 17.8. The van der Waals surface area contributed by atoms with Crippen molar-refractivity contribution < 1.29 is 13.7 Å². The smallest absolute Gasteiger partial charge is 0.235 e. The van der Waals surface area contributed by atoms with Crippen LogP contribution in [0, 0.1) is 11.3 Å². The first-order valence-corrected chi connectivity index (χ1v) is 9.75. The number of carbonyl (C=O) groups excluding carboxylic acids is 1. The summed E-state index contributed by atoms with van der Waals surface area (Å²) in [6.45, 7) is 8.13. The second-order valence-electron chi connectivity index (χ2n) is 7.31. The van der Waals surface area contributed by atoms with Gasteiger partial charge in [0.2, 0.25) is 5.91 Å². The van der Waals surface area contributed by atoms with Crippen LogP contribution in [0.5, 0.6) is 5.75 Å². The third-order valence-electron chi connectivity index (χ3n) is 4.16. The Kier molecular flexibility index (Phi) is 6.52. The van der Waals surface area contributed by atoms with E-state index in [4.69, 9.17) is 15.9 Å². The number of hydrogen-bond acceptors (Lipinski definition) is 4. The fourth-order valence-corrected chi connectivity index (χ4v) is 3.42. The molecule has 3 N–H and O–H groups in total. The van der Waals surface area contributed by atoms with Crippen LogP contribution in [0.1, 0.15) is 26.3 Å². The van der Waals surface area contributed by atoms with Gasteiger partial charge in [0.1, 0.15) is 17.8 Å². The van der Waals surface area contributed by atoms with Gasteiger partial charge in [0.15, 0.2) is 5.17 Å². The fourth-order valence-electron chi connectivity index (χ4n) is 2.70. The van der Waals surface area contributed by atoms with Crippen molar-refractivity contribution in [3.05, 3.63) is 29.8 Å². The van der Waals surface area contributed by atoms with E-state index < -0.39 is 10.8 Å². The Morgan fingerprint density at radius 1 is 1.42 bits per heavy atom. The molecule has 26 heavy (non-hydrogen) atoms. The van der Waals surface area contributed by atoms with Gasteiger partial charge in [-0.3, -0.25) is 14.4 Å². The largest absolute Gasteiger partial charge is 0.493 e. The predicted octanol–water partition coefficient (Wildman–Crippen LogP) is 1.49. The molecule has 7 nitrogen and oxygen atoms in total. The summed E-state index contributed by atoms with van der Waals surface area (Å²) in [6.07, 6.45) is 0.712. The van der Waals surface area contributed by atoms with Gasteiger partial charge in [-0.2, -0.15) is 0 Å². The highest BCUT2D eigenvalue weighted by molar-refractivity contribution is 8.01. The minimum Gasteiger partial charge on any atom is -0.493 e. The molecule has 8 heteroatoms. The SMILES string of the molecule is CC(C)(C)c1ccccc1OCC1CN(C(=O)CS(=O)C(N)=NC=N)C1. The second-order valence-corrected chi connectivity index (χ2v) is 8.71. The minimum absolute atomic E-state index is 0.000232. The second kappa shape index (κ2) is 8.44. The van der Waals surface area contributed by atoms with Crippen molar-refractivity contribution in [3.8, 4) is 5.75 Å². The first-order chi connectivity index (χ1) is 12.2. The molecule has 1 aliphatic rings. The molecule has 2 rings (SSSR count). The Bertz CT molecular complexity index is 721. The van der Waals surface area contributed by atoms with Crippen molar-refractivity contribution in [2.24, 2.45) is 16.6 Å². The molecule has 1 amide bonds. The number of rotatable bonds is 6. The molecule has 1 heterocycles. The Morgan fingerprint density at radius 2 is 2.08 bits per heavy atom. The summed E-state index contributed by atoms with van der Waals surface area (Å²) in [5.41, 5.74) is 6.59. The fraction of sp³-hybridized carbons (Fsp3) is 0.500. The van der Waals surface area contributed by atoms with Crippen molar-refractivity contribution in [2.75, 3.05) is 25.4 Å². The molecule has 0 bridgehead atoms. The van der Waals surface area contributed by atoms with E-state index in [1.807, 2.05) is 18.2 Å². The average molecular weight is 378 g/mol. The van der Waals surface area contributed by atoms with Gasteiger partial charge < -0.3 is 15.4 Å². The molecule has 1 aliphatic heterocycles. The summed E-state index contributed by atoms with van der Waals surface area (Å²) >= 11 is 0. The summed E-state index contributed by atoms with van der Waals surface area (Å²) in [5.74, 6) is 0.705. The van der Waals surface area contributed by atoms with Gasteiger partial charge in [-0.25, -0.2) is 4.99 Å². The number of nitrogens with one attached hydrogen (secondary N) is 1. The normalized spacial score (nSPS) is 16.7. The number of carbonyl (C=O) groups is 1. The number of nitrogens with zero attached hydrogens (tertiary/aromatic N) is 2. The van der Waals surface area contributed by atoms with Crippen LogP contribution < -0.4 is 10.5 Å². The van der Waals surface area contributed by atoms with Gasteiger partial charge in [-0.15, -0.1) is 0 Å². The van der Waals surface area contributed by atoms with E-state index in [9.17, 15) is 9.00 Å². The van der Waals surface area contributed by atoms with E-state index in [2.05, 4.69) is 31.8 Å². The molecule has 0 saturated carbocycles. The summed E-state index contributed by atoms with van der Waals surface area (Å²) in [4.78, 5) is 17.1. The molecule has 1 saturated heterocycles. The topological polar surface area (TPSA) is 109 Å². The van der Waals surface area contributed by atoms with Crippen LogP contribution >= 0.6 is 0 Å². The van der Waals surface area contributed by atoms with Gasteiger partial charge in [0.05, 0.1) is 17.4 Å². The quantitative estimate of drug-likeness (QED) is 0.577. The van der Waals surface area contributed by atoms with Gasteiger partial charge >= 0.3 is 0 Å². The lowest BCUT2D eigenvalue weighted by Crippen LogP contribution is -2.53. The average Bonchev–Trinajstić information content (AvgIpc) is 2.53. The van der Waals surface area contributed by atoms with Crippen molar-refractivity contribution in [1.29, 1.82) is 5.41 Å². The number of amides is 1. The van der Waals surface area contributed by atoms with E-state index >= 15 is 0 Å². The zero-order chi connectivity index (χ0) is 19.3. The molecule has 0 radical (unpaired) electrons. The van der Waals surface area contributed by atoms with E-state index in [1.165, 1.54) is 0 Å². The Morgan fingerprint density at radius 3 is 2.69 bits per heavy atom. The minimum atomic E-state index is -1.69. The molecule has 1 fully saturated rings. The number of amidine groups is 1. The lowest BCUT2D eigenvalue weighted by Gasteiger charge is -2.39. The van der Waals surface area contributed by atoms with Gasteiger partial charge in [0, 0.05) is 19.0 Å². The van der Waals surface area contributed by atoms with Crippen LogP contribution in [0.2, 0.25) is 0 Å². The van der Waals surface area contributed by atoms with Gasteiger partial charge in [-0.05, 0) is 17.0 Å². The molecule has 0 aromatic heterocycles. The molecule has 142 valence electrons. The van der Waals surface area contributed by atoms with E-state index in [-0.39, 0.29) is 28.2 Å². The number of hydrogen-bond donors (Lipinski definition) is 2. The van der Waals surface area contributed by atoms with E-state index in [1.54, 1.807) is 4.90 Å². The zero-order valence-electron chi connectivity index (χ0n) is 15.4.